The summed E-state index contributed by atoms with van der Waals surface area (Å²) in [6, 6.07) is 1.71. The summed E-state index contributed by atoms with van der Waals surface area (Å²) in [6.07, 6.45) is 5.10. The highest BCUT2D eigenvalue weighted by Gasteiger charge is 2.01. The molecule has 2 aromatic heterocycles. The molecule has 0 aliphatic heterocycles. The second kappa shape index (κ2) is 3.26. The van der Waals surface area contributed by atoms with Gasteiger partial charge in [0.05, 0.1) is 6.20 Å². The number of fused-ring (bicyclic) bond motifs is 1. The second-order valence-electron chi connectivity index (χ2n) is 2.68. The Morgan fingerprint density at radius 3 is 3.08 bits per heavy atom. The molecule has 0 bridgehead atoms. The van der Waals surface area contributed by atoms with Crippen molar-refractivity contribution in [1.29, 1.82) is 0 Å². The molecule has 0 atom stereocenters. The fraction of sp³-hybridized carbons (Fsp3) is 0.250. The molecule has 0 radical (unpaired) electrons. The lowest BCUT2D eigenvalue weighted by Gasteiger charge is -2.02. The third kappa shape index (κ3) is 1.35. The van der Waals surface area contributed by atoms with Crippen molar-refractivity contribution in [2.24, 2.45) is 0 Å². The number of rotatable bonds is 2. The minimum absolute atomic E-state index is 0.0194. The predicted molar refractivity (Wildman–Crippen MR) is 53.3 cm³/mol. The molecule has 2 rings (SSSR count). The molecule has 68 valence electrons. The quantitative estimate of drug-likeness (QED) is 0.706. The Hall–Kier alpha value is -1.23. The minimum Gasteiger partial charge on any atom is -0.311 e. The molecule has 2 aromatic rings. The van der Waals surface area contributed by atoms with Crippen LogP contribution in [0.1, 0.15) is 0 Å². The Morgan fingerprint density at radius 1 is 1.46 bits per heavy atom. The summed E-state index contributed by atoms with van der Waals surface area (Å²) in [5.74, 6) is 0.657. The van der Waals surface area contributed by atoms with Gasteiger partial charge in [-0.1, -0.05) is 0 Å². The lowest BCUT2D eigenvalue weighted by molar-refractivity contribution is 0.723. The van der Waals surface area contributed by atoms with Crippen LogP contribution in [0.4, 0.5) is 0 Å². The monoisotopic (exact) mass is 195 g/mol. The van der Waals surface area contributed by atoms with Crippen LogP contribution in [-0.4, -0.2) is 19.9 Å². The van der Waals surface area contributed by atoms with Gasteiger partial charge in [-0.3, -0.25) is 4.79 Å². The normalized spacial score (nSPS) is 10.8. The fourth-order valence-corrected chi connectivity index (χ4v) is 1.46. The van der Waals surface area contributed by atoms with Gasteiger partial charge in [0.1, 0.15) is 5.52 Å². The highest BCUT2D eigenvalue weighted by atomic mass is 32.1. The first kappa shape index (κ1) is 8.37. The molecule has 0 saturated heterocycles. The molecule has 0 aliphatic carbocycles. The zero-order chi connectivity index (χ0) is 9.26. The molecule has 0 fully saturated rings. The summed E-state index contributed by atoms with van der Waals surface area (Å²) in [4.78, 5) is 11.6. The van der Waals surface area contributed by atoms with Crippen LogP contribution in [-0.2, 0) is 6.54 Å². The van der Waals surface area contributed by atoms with Crippen LogP contribution in [0, 0.1) is 0 Å². The SMILES string of the molecule is O=c1c2ccnn2ccn1CCS. The third-order valence-electron chi connectivity index (χ3n) is 1.88. The Balaban J connectivity index is 2.67. The van der Waals surface area contributed by atoms with Crippen LogP contribution >= 0.6 is 12.6 Å². The molecule has 0 N–H and O–H groups in total. The van der Waals surface area contributed by atoms with E-state index in [1.54, 1.807) is 33.7 Å². The molecular weight excluding hydrogens is 186 g/mol. The zero-order valence-corrected chi connectivity index (χ0v) is 7.82. The van der Waals surface area contributed by atoms with Gasteiger partial charge in [0.2, 0.25) is 0 Å². The van der Waals surface area contributed by atoms with Crippen LogP contribution < -0.4 is 5.56 Å². The average Bonchev–Trinajstić information content (AvgIpc) is 2.58. The van der Waals surface area contributed by atoms with Crippen LogP contribution in [0.5, 0.6) is 0 Å². The first-order valence-corrected chi connectivity index (χ1v) is 4.60. The summed E-state index contributed by atoms with van der Waals surface area (Å²) < 4.78 is 3.20. The number of hydrogen-bond acceptors (Lipinski definition) is 3. The van der Waals surface area contributed by atoms with Gasteiger partial charge >= 0.3 is 0 Å². The van der Waals surface area contributed by atoms with Crippen LogP contribution in [0.2, 0.25) is 0 Å². The number of nitrogens with zero attached hydrogens (tertiary/aromatic N) is 3. The van der Waals surface area contributed by atoms with Crippen molar-refractivity contribution in [2.75, 3.05) is 5.75 Å². The van der Waals surface area contributed by atoms with Gasteiger partial charge in [-0.15, -0.1) is 0 Å². The largest absolute Gasteiger partial charge is 0.311 e. The highest BCUT2D eigenvalue weighted by Crippen LogP contribution is 1.94. The number of thiol groups is 1. The zero-order valence-electron chi connectivity index (χ0n) is 6.92. The molecule has 0 aromatic carbocycles. The number of aryl methyl sites for hydroxylation is 1. The van der Waals surface area contributed by atoms with E-state index >= 15 is 0 Å². The summed E-state index contributed by atoms with van der Waals surface area (Å²) in [5.41, 5.74) is 0.582. The molecule has 0 spiro atoms. The molecule has 5 heteroatoms. The van der Waals surface area contributed by atoms with E-state index in [1.165, 1.54) is 0 Å². The predicted octanol–water partition coefficient (Wildman–Crippen LogP) is 0.426. The summed E-state index contributed by atoms with van der Waals surface area (Å²) >= 11 is 4.08. The van der Waals surface area contributed by atoms with Crippen molar-refractivity contribution in [3.63, 3.8) is 0 Å². The van der Waals surface area contributed by atoms with Gasteiger partial charge in [0, 0.05) is 24.7 Å². The van der Waals surface area contributed by atoms with Crippen LogP contribution in [0.3, 0.4) is 0 Å². The maximum Gasteiger partial charge on any atom is 0.276 e. The molecule has 0 saturated carbocycles. The Morgan fingerprint density at radius 2 is 2.31 bits per heavy atom. The van der Waals surface area contributed by atoms with E-state index in [-0.39, 0.29) is 5.56 Å². The number of hydrogen-bond donors (Lipinski definition) is 1. The summed E-state index contributed by atoms with van der Waals surface area (Å²) in [7, 11) is 0. The van der Waals surface area contributed by atoms with E-state index in [1.807, 2.05) is 0 Å². The standard InChI is InChI=1S/C8H9N3OS/c12-8-7-1-2-9-11(7)4-3-10(8)5-6-13/h1-4,13H,5-6H2. The first-order valence-electron chi connectivity index (χ1n) is 3.96. The van der Waals surface area contributed by atoms with Gasteiger partial charge < -0.3 is 4.57 Å². The van der Waals surface area contributed by atoms with Crippen molar-refractivity contribution in [3.05, 3.63) is 35.0 Å². The van der Waals surface area contributed by atoms with Gasteiger partial charge in [-0.25, -0.2) is 4.52 Å². The maximum atomic E-state index is 11.6. The fourth-order valence-electron chi connectivity index (χ4n) is 1.24. The smallest absolute Gasteiger partial charge is 0.276 e. The topological polar surface area (TPSA) is 39.3 Å². The summed E-state index contributed by atoms with van der Waals surface area (Å²) in [5, 5.41) is 3.97. The molecular formula is C8H9N3OS. The van der Waals surface area contributed by atoms with Gasteiger partial charge in [0.25, 0.3) is 5.56 Å². The van der Waals surface area contributed by atoms with Crippen molar-refractivity contribution in [3.8, 4) is 0 Å². The van der Waals surface area contributed by atoms with Crippen molar-refractivity contribution >= 4 is 18.1 Å². The highest BCUT2D eigenvalue weighted by molar-refractivity contribution is 7.80. The van der Waals surface area contributed by atoms with E-state index in [2.05, 4.69) is 17.7 Å². The van der Waals surface area contributed by atoms with Crippen molar-refractivity contribution in [2.45, 2.75) is 6.54 Å². The molecule has 0 aliphatic rings. The third-order valence-corrected chi connectivity index (χ3v) is 2.08. The molecule has 13 heavy (non-hydrogen) atoms. The van der Waals surface area contributed by atoms with E-state index in [4.69, 9.17) is 0 Å². The van der Waals surface area contributed by atoms with Gasteiger partial charge in [0.15, 0.2) is 0 Å². The maximum absolute atomic E-state index is 11.6. The van der Waals surface area contributed by atoms with E-state index in [0.29, 0.717) is 17.8 Å². The van der Waals surface area contributed by atoms with E-state index in [0.717, 1.165) is 0 Å². The van der Waals surface area contributed by atoms with Crippen molar-refractivity contribution < 1.29 is 0 Å². The van der Waals surface area contributed by atoms with E-state index < -0.39 is 0 Å². The van der Waals surface area contributed by atoms with Gasteiger partial charge in [-0.2, -0.15) is 17.7 Å². The van der Waals surface area contributed by atoms with Crippen LogP contribution in [0.15, 0.2) is 29.5 Å². The molecule has 4 nitrogen and oxygen atoms in total. The lowest BCUT2D eigenvalue weighted by atomic mass is 10.5. The lowest BCUT2D eigenvalue weighted by Crippen LogP contribution is -2.21. The minimum atomic E-state index is -0.0194. The second-order valence-corrected chi connectivity index (χ2v) is 3.13. The summed E-state index contributed by atoms with van der Waals surface area (Å²) in [6.45, 7) is 0.629. The van der Waals surface area contributed by atoms with E-state index in [9.17, 15) is 4.79 Å². The van der Waals surface area contributed by atoms with Crippen molar-refractivity contribution in [1.82, 2.24) is 14.2 Å². The molecule has 0 unspecified atom stereocenters. The Labute approximate surface area is 80.2 Å². The average molecular weight is 195 g/mol. The van der Waals surface area contributed by atoms with Gasteiger partial charge in [-0.05, 0) is 6.07 Å². The Kier molecular flexibility index (Phi) is 2.10. The van der Waals surface area contributed by atoms with Crippen LogP contribution in [0.25, 0.3) is 5.52 Å². The molecule has 2 heterocycles. The first-order chi connectivity index (χ1) is 6.33. The Bertz CT molecular complexity index is 473. The molecule has 0 amide bonds. The number of aromatic nitrogens is 3.